The molecule has 1 N–H and O–H groups in total. The van der Waals surface area contributed by atoms with Gasteiger partial charge in [0.2, 0.25) is 5.91 Å². The van der Waals surface area contributed by atoms with Crippen LogP contribution in [0.25, 0.3) is 0 Å². The number of benzene rings is 1. The number of piperidine rings is 1. The molecule has 25 heavy (non-hydrogen) atoms. The minimum Gasteiger partial charge on any atom is -0.355 e. The van der Waals surface area contributed by atoms with E-state index in [4.69, 9.17) is 0 Å². The summed E-state index contributed by atoms with van der Waals surface area (Å²) in [5.74, 6) is 0.0182. The number of hydrogen-bond donors (Lipinski definition) is 1. The molecule has 3 amide bonds. The number of urea groups is 1. The van der Waals surface area contributed by atoms with Gasteiger partial charge in [0.1, 0.15) is 0 Å². The Hall–Kier alpha value is -2.04. The van der Waals surface area contributed by atoms with Crippen molar-refractivity contribution in [1.82, 2.24) is 15.1 Å². The molecule has 0 spiro atoms. The summed E-state index contributed by atoms with van der Waals surface area (Å²) >= 11 is 0. The zero-order valence-electron chi connectivity index (χ0n) is 15.2. The fourth-order valence-electron chi connectivity index (χ4n) is 3.83. The highest BCUT2D eigenvalue weighted by molar-refractivity contribution is 5.81. The van der Waals surface area contributed by atoms with E-state index in [1.807, 2.05) is 21.9 Å². The first-order valence-electron chi connectivity index (χ1n) is 9.51. The molecule has 136 valence electrons. The Morgan fingerprint density at radius 1 is 1.08 bits per heavy atom. The van der Waals surface area contributed by atoms with Crippen molar-refractivity contribution in [3.05, 3.63) is 35.4 Å². The predicted octanol–water partition coefficient (Wildman–Crippen LogP) is 2.58. The number of aryl methyl sites for hydroxylation is 1. The first-order valence-corrected chi connectivity index (χ1v) is 9.51. The van der Waals surface area contributed by atoms with E-state index < -0.39 is 0 Å². The van der Waals surface area contributed by atoms with Crippen LogP contribution in [-0.4, -0.2) is 54.5 Å². The molecule has 2 aliphatic heterocycles. The Morgan fingerprint density at radius 3 is 2.56 bits per heavy atom. The smallest absolute Gasteiger partial charge is 0.320 e. The van der Waals surface area contributed by atoms with Gasteiger partial charge < -0.3 is 15.1 Å². The molecule has 0 saturated carbocycles. The normalized spacial score (nSPS) is 20.6. The number of likely N-dealkylation sites (tertiary alicyclic amines) is 2. The van der Waals surface area contributed by atoms with Gasteiger partial charge >= 0.3 is 6.03 Å². The Labute approximate surface area is 150 Å². The van der Waals surface area contributed by atoms with Crippen molar-refractivity contribution in [2.75, 3.05) is 32.7 Å². The Bertz CT molecular complexity index is 611. The van der Waals surface area contributed by atoms with Crippen LogP contribution in [0.3, 0.4) is 0 Å². The summed E-state index contributed by atoms with van der Waals surface area (Å²) in [6.07, 6.45) is 4.84. The summed E-state index contributed by atoms with van der Waals surface area (Å²) in [5, 5.41) is 3.07. The van der Waals surface area contributed by atoms with Crippen molar-refractivity contribution >= 4 is 11.9 Å². The summed E-state index contributed by atoms with van der Waals surface area (Å²) in [6, 6.07) is 8.40. The van der Waals surface area contributed by atoms with Crippen molar-refractivity contribution in [2.24, 2.45) is 5.92 Å². The Balaban J connectivity index is 1.46. The number of carbonyl (C=O) groups excluding carboxylic acids is 2. The fraction of sp³-hybridized carbons (Fsp3) is 0.600. The third-order valence-corrected chi connectivity index (χ3v) is 5.39. The molecule has 0 radical (unpaired) electrons. The molecule has 0 aromatic heterocycles. The molecule has 5 heteroatoms. The SMILES string of the molecule is Cc1ccccc1CCNC(=O)C1CCCN(C(=O)N2CCCC2)C1. The molecule has 2 heterocycles. The summed E-state index contributed by atoms with van der Waals surface area (Å²) in [6.45, 7) is 5.82. The van der Waals surface area contributed by atoms with Crippen LogP contribution in [0, 0.1) is 12.8 Å². The summed E-state index contributed by atoms with van der Waals surface area (Å²) in [4.78, 5) is 28.8. The standard InChI is InChI=1S/C20H29N3O2/c1-16-7-2-3-8-17(16)10-11-21-19(24)18-9-6-14-23(15-18)20(25)22-12-4-5-13-22/h2-3,7-8,18H,4-6,9-15H2,1H3,(H,21,24). The molecule has 0 aliphatic carbocycles. The molecule has 1 aromatic carbocycles. The molecular weight excluding hydrogens is 314 g/mol. The molecule has 1 unspecified atom stereocenters. The van der Waals surface area contributed by atoms with Gasteiger partial charge in [-0.2, -0.15) is 0 Å². The van der Waals surface area contributed by atoms with Crippen molar-refractivity contribution < 1.29 is 9.59 Å². The third kappa shape index (κ3) is 4.53. The topological polar surface area (TPSA) is 52.7 Å². The van der Waals surface area contributed by atoms with Crippen LogP contribution in [0.2, 0.25) is 0 Å². The first-order chi connectivity index (χ1) is 12.1. The summed E-state index contributed by atoms with van der Waals surface area (Å²) in [5.41, 5.74) is 2.54. The lowest BCUT2D eigenvalue weighted by molar-refractivity contribution is -0.126. The first kappa shape index (κ1) is 17.8. The molecule has 1 aromatic rings. The van der Waals surface area contributed by atoms with E-state index in [9.17, 15) is 9.59 Å². The van der Waals surface area contributed by atoms with Crippen LogP contribution in [0.15, 0.2) is 24.3 Å². The molecule has 0 bridgehead atoms. The van der Waals surface area contributed by atoms with Gasteiger partial charge in [0, 0.05) is 32.7 Å². The maximum absolute atomic E-state index is 12.5. The lowest BCUT2D eigenvalue weighted by Crippen LogP contribution is -2.49. The summed E-state index contributed by atoms with van der Waals surface area (Å²) in [7, 11) is 0. The largest absolute Gasteiger partial charge is 0.355 e. The second-order valence-electron chi connectivity index (χ2n) is 7.23. The molecular formula is C20H29N3O2. The number of rotatable bonds is 4. The van der Waals surface area contributed by atoms with Gasteiger partial charge in [-0.25, -0.2) is 4.79 Å². The van der Waals surface area contributed by atoms with Crippen LogP contribution >= 0.6 is 0 Å². The second-order valence-corrected chi connectivity index (χ2v) is 7.23. The van der Waals surface area contributed by atoms with Crippen LogP contribution in [0.1, 0.15) is 36.8 Å². The van der Waals surface area contributed by atoms with Gasteiger partial charge in [0.05, 0.1) is 5.92 Å². The van der Waals surface area contributed by atoms with Crippen molar-refractivity contribution in [1.29, 1.82) is 0 Å². The number of nitrogens with zero attached hydrogens (tertiary/aromatic N) is 2. The molecule has 2 aliphatic rings. The third-order valence-electron chi connectivity index (χ3n) is 5.39. The molecule has 2 fully saturated rings. The minimum atomic E-state index is -0.0721. The minimum absolute atomic E-state index is 0.0721. The monoisotopic (exact) mass is 343 g/mol. The van der Waals surface area contributed by atoms with E-state index in [0.29, 0.717) is 13.1 Å². The fourth-order valence-corrected chi connectivity index (χ4v) is 3.83. The maximum Gasteiger partial charge on any atom is 0.320 e. The van der Waals surface area contributed by atoms with Crippen LogP contribution < -0.4 is 5.32 Å². The van der Waals surface area contributed by atoms with Gasteiger partial charge in [-0.1, -0.05) is 24.3 Å². The van der Waals surface area contributed by atoms with E-state index in [2.05, 4.69) is 24.4 Å². The van der Waals surface area contributed by atoms with Crippen LogP contribution in [-0.2, 0) is 11.2 Å². The Kier molecular flexibility index (Phi) is 5.95. The van der Waals surface area contributed by atoms with Crippen molar-refractivity contribution in [3.63, 3.8) is 0 Å². The molecule has 5 nitrogen and oxygen atoms in total. The Morgan fingerprint density at radius 2 is 1.80 bits per heavy atom. The quantitative estimate of drug-likeness (QED) is 0.913. The zero-order valence-corrected chi connectivity index (χ0v) is 15.2. The van der Waals surface area contributed by atoms with E-state index in [-0.39, 0.29) is 17.9 Å². The van der Waals surface area contributed by atoms with E-state index >= 15 is 0 Å². The average molecular weight is 343 g/mol. The van der Waals surface area contributed by atoms with Gasteiger partial charge in [0.25, 0.3) is 0 Å². The molecule has 2 saturated heterocycles. The zero-order chi connectivity index (χ0) is 17.6. The number of amides is 3. The predicted molar refractivity (Wildman–Crippen MR) is 98.4 cm³/mol. The van der Waals surface area contributed by atoms with Crippen LogP contribution in [0.5, 0.6) is 0 Å². The van der Waals surface area contributed by atoms with E-state index in [0.717, 1.165) is 51.7 Å². The summed E-state index contributed by atoms with van der Waals surface area (Å²) < 4.78 is 0. The highest BCUT2D eigenvalue weighted by Gasteiger charge is 2.31. The number of carbonyl (C=O) groups is 2. The van der Waals surface area contributed by atoms with Crippen LogP contribution in [0.4, 0.5) is 4.79 Å². The van der Waals surface area contributed by atoms with Crippen molar-refractivity contribution in [2.45, 2.75) is 39.0 Å². The molecule has 3 rings (SSSR count). The highest BCUT2D eigenvalue weighted by atomic mass is 16.2. The van der Waals surface area contributed by atoms with E-state index in [1.165, 1.54) is 11.1 Å². The number of nitrogens with one attached hydrogen (secondary N) is 1. The maximum atomic E-state index is 12.5. The lowest BCUT2D eigenvalue weighted by Gasteiger charge is -2.34. The second kappa shape index (κ2) is 8.37. The number of hydrogen-bond acceptors (Lipinski definition) is 2. The van der Waals surface area contributed by atoms with Gasteiger partial charge in [-0.05, 0) is 50.2 Å². The van der Waals surface area contributed by atoms with E-state index in [1.54, 1.807) is 0 Å². The highest BCUT2D eigenvalue weighted by Crippen LogP contribution is 2.20. The lowest BCUT2D eigenvalue weighted by atomic mass is 9.97. The van der Waals surface area contributed by atoms with Crippen molar-refractivity contribution in [3.8, 4) is 0 Å². The average Bonchev–Trinajstić information content (AvgIpc) is 3.17. The van der Waals surface area contributed by atoms with Gasteiger partial charge in [-0.3, -0.25) is 4.79 Å². The van der Waals surface area contributed by atoms with Gasteiger partial charge in [0.15, 0.2) is 0 Å². The van der Waals surface area contributed by atoms with Gasteiger partial charge in [-0.15, -0.1) is 0 Å². The molecule has 1 atom stereocenters.